The molecule has 1 atom stereocenters. The lowest BCUT2D eigenvalue weighted by Gasteiger charge is -2.29. The average Bonchev–Trinajstić information content (AvgIpc) is 3.24. The Morgan fingerprint density at radius 2 is 1.79 bits per heavy atom. The quantitative estimate of drug-likeness (QED) is 0.684. The molecule has 1 aliphatic heterocycles. The van der Waals surface area contributed by atoms with E-state index in [4.69, 9.17) is 4.74 Å². The van der Waals surface area contributed by atoms with Crippen molar-refractivity contribution in [3.63, 3.8) is 0 Å². The van der Waals surface area contributed by atoms with Crippen LogP contribution in [0.25, 0.3) is 0 Å². The summed E-state index contributed by atoms with van der Waals surface area (Å²) in [5.41, 5.74) is -0.554. The van der Waals surface area contributed by atoms with Gasteiger partial charge in [-0.1, -0.05) is 18.2 Å². The lowest BCUT2D eigenvalue weighted by atomic mass is 10.0. The SMILES string of the molecule is COc1ccccc1C(CNS(=O)(=O)c1cn(C)c(=O)n(C)c1=O)N1CCCC1. The summed E-state index contributed by atoms with van der Waals surface area (Å²) in [6, 6.07) is 7.27. The summed E-state index contributed by atoms with van der Waals surface area (Å²) >= 11 is 0. The zero-order valence-electron chi connectivity index (χ0n) is 16.8. The van der Waals surface area contributed by atoms with E-state index >= 15 is 0 Å². The fraction of sp³-hybridized carbons (Fsp3) is 0.474. The van der Waals surface area contributed by atoms with Gasteiger partial charge in [-0.2, -0.15) is 0 Å². The van der Waals surface area contributed by atoms with Crippen molar-refractivity contribution in [2.75, 3.05) is 26.7 Å². The van der Waals surface area contributed by atoms with E-state index in [-0.39, 0.29) is 12.6 Å². The Kier molecular flexibility index (Phi) is 6.25. The van der Waals surface area contributed by atoms with Crippen molar-refractivity contribution < 1.29 is 13.2 Å². The third-order valence-corrected chi connectivity index (χ3v) is 6.66. The van der Waals surface area contributed by atoms with Crippen LogP contribution >= 0.6 is 0 Å². The van der Waals surface area contributed by atoms with Crippen LogP contribution in [0.2, 0.25) is 0 Å². The number of likely N-dealkylation sites (tertiary alicyclic amines) is 1. The molecule has 0 radical (unpaired) electrons. The van der Waals surface area contributed by atoms with Gasteiger partial charge in [0.15, 0.2) is 4.90 Å². The van der Waals surface area contributed by atoms with E-state index in [0.29, 0.717) is 5.75 Å². The number of benzene rings is 1. The number of methoxy groups -OCH3 is 1. The van der Waals surface area contributed by atoms with Gasteiger partial charge in [0.1, 0.15) is 5.75 Å². The summed E-state index contributed by atoms with van der Waals surface area (Å²) in [5, 5.41) is 0. The predicted molar refractivity (Wildman–Crippen MR) is 109 cm³/mol. The van der Waals surface area contributed by atoms with Gasteiger partial charge in [-0.3, -0.25) is 14.3 Å². The number of ether oxygens (including phenoxy) is 1. The van der Waals surface area contributed by atoms with Crippen LogP contribution < -0.4 is 20.7 Å². The first-order chi connectivity index (χ1) is 13.8. The zero-order valence-corrected chi connectivity index (χ0v) is 17.6. The van der Waals surface area contributed by atoms with Crippen molar-refractivity contribution in [1.82, 2.24) is 18.8 Å². The van der Waals surface area contributed by atoms with Gasteiger partial charge in [0.2, 0.25) is 10.0 Å². The molecule has 0 amide bonds. The van der Waals surface area contributed by atoms with Crippen LogP contribution in [-0.2, 0) is 24.1 Å². The number of aryl methyl sites for hydroxylation is 1. The van der Waals surface area contributed by atoms with Gasteiger partial charge >= 0.3 is 5.69 Å². The minimum absolute atomic E-state index is 0.0781. The van der Waals surface area contributed by atoms with Crippen LogP contribution in [0.1, 0.15) is 24.4 Å². The molecule has 1 saturated heterocycles. The Balaban J connectivity index is 1.93. The van der Waals surface area contributed by atoms with Crippen molar-refractivity contribution in [3.05, 3.63) is 56.9 Å². The molecular weight excluding hydrogens is 396 g/mol. The summed E-state index contributed by atoms with van der Waals surface area (Å²) in [6.07, 6.45) is 3.14. The second kappa shape index (κ2) is 8.52. The van der Waals surface area contributed by atoms with Crippen LogP contribution in [0.4, 0.5) is 0 Å². The number of rotatable bonds is 7. The molecule has 1 aromatic carbocycles. The zero-order chi connectivity index (χ0) is 21.2. The molecule has 0 bridgehead atoms. The first-order valence-electron chi connectivity index (χ1n) is 9.39. The highest BCUT2D eigenvalue weighted by Gasteiger charge is 2.29. The first kappa shape index (κ1) is 21.3. The van der Waals surface area contributed by atoms with E-state index < -0.39 is 26.2 Å². The maximum absolute atomic E-state index is 12.9. The first-order valence-corrected chi connectivity index (χ1v) is 10.9. The van der Waals surface area contributed by atoms with E-state index in [0.717, 1.165) is 46.8 Å². The maximum Gasteiger partial charge on any atom is 0.330 e. The Morgan fingerprint density at radius 3 is 2.45 bits per heavy atom. The van der Waals surface area contributed by atoms with Gasteiger partial charge in [0, 0.05) is 32.4 Å². The van der Waals surface area contributed by atoms with Crippen LogP contribution in [0.3, 0.4) is 0 Å². The average molecular weight is 423 g/mol. The monoisotopic (exact) mass is 422 g/mol. The molecule has 10 heteroatoms. The highest BCUT2D eigenvalue weighted by molar-refractivity contribution is 7.89. The molecule has 0 spiro atoms. The van der Waals surface area contributed by atoms with Gasteiger partial charge in [-0.15, -0.1) is 0 Å². The molecule has 0 aliphatic carbocycles. The second-order valence-corrected chi connectivity index (χ2v) is 8.84. The molecule has 158 valence electrons. The highest BCUT2D eigenvalue weighted by Crippen LogP contribution is 2.31. The molecule has 1 fully saturated rings. The van der Waals surface area contributed by atoms with E-state index in [1.165, 1.54) is 14.1 Å². The summed E-state index contributed by atoms with van der Waals surface area (Å²) in [4.78, 5) is 26.0. The molecule has 1 aromatic heterocycles. The Bertz CT molecular complexity index is 1100. The Morgan fingerprint density at radius 1 is 1.14 bits per heavy atom. The summed E-state index contributed by atoms with van der Waals surface area (Å²) in [5.74, 6) is 0.682. The second-order valence-electron chi connectivity index (χ2n) is 7.10. The van der Waals surface area contributed by atoms with Crippen molar-refractivity contribution in [2.45, 2.75) is 23.8 Å². The number of nitrogens with zero attached hydrogens (tertiary/aromatic N) is 3. The van der Waals surface area contributed by atoms with Crippen molar-refractivity contribution in [3.8, 4) is 5.75 Å². The molecule has 0 saturated carbocycles. The molecule has 1 aliphatic rings. The van der Waals surface area contributed by atoms with Gasteiger partial charge in [-0.05, 0) is 32.0 Å². The molecule has 1 unspecified atom stereocenters. The maximum atomic E-state index is 12.9. The summed E-state index contributed by atoms with van der Waals surface area (Å²) in [7, 11) is 0.127. The minimum atomic E-state index is -4.12. The number of aromatic nitrogens is 2. The molecule has 2 aromatic rings. The molecule has 1 N–H and O–H groups in total. The van der Waals surface area contributed by atoms with Gasteiger partial charge in [0.05, 0.1) is 13.2 Å². The molecule has 2 heterocycles. The number of para-hydroxylation sites is 1. The molecular formula is C19H26N4O5S. The lowest BCUT2D eigenvalue weighted by molar-refractivity contribution is 0.240. The topological polar surface area (TPSA) is 103 Å². The van der Waals surface area contributed by atoms with Crippen LogP contribution in [0.15, 0.2) is 44.9 Å². The van der Waals surface area contributed by atoms with Crippen molar-refractivity contribution in [1.29, 1.82) is 0 Å². The predicted octanol–water partition coefficient (Wildman–Crippen LogP) is 0.208. The number of hydrogen-bond donors (Lipinski definition) is 1. The largest absolute Gasteiger partial charge is 0.496 e. The molecule has 9 nitrogen and oxygen atoms in total. The van der Waals surface area contributed by atoms with E-state index in [1.807, 2.05) is 24.3 Å². The van der Waals surface area contributed by atoms with Crippen LogP contribution in [0, 0.1) is 0 Å². The van der Waals surface area contributed by atoms with Gasteiger partial charge in [-0.25, -0.2) is 17.9 Å². The smallest absolute Gasteiger partial charge is 0.330 e. The van der Waals surface area contributed by atoms with E-state index in [2.05, 4.69) is 9.62 Å². The normalized spacial score (nSPS) is 16.1. The minimum Gasteiger partial charge on any atom is -0.496 e. The number of nitrogens with one attached hydrogen (secondary N) is 1. The fourth-order valence-electron chi connectivity index (χ4n) is 3.66. The third-order valence-electron chi connectivity index (χ3n) is 5.25. The summed E-state index contributed by atoms with van der Waals surface area (Å²) < 4.78 is 35.7. The van der Waals surface area contributed by atoms with Crippen LogP contribution in [0.5, 0.6) is 5.75 Å². The van der Waals surface area contributed by atoms with Crippen molar-refractivity contribution in [2.24, 2.45) is 14.1 Å². The van der Waals surface area contributed by atoms with Gasteiger partial charge in [0.25, 0.3) is 5.56 Å². The Hall–Kier alpha value is -2.43. The standard InChI is InChI=1S/C19H26N4O5S/c1-21-13-17(18(24)22(2)19(21)25)29(26,27)20-12-15(23-10-6-7-11-23)14-8-4-5-9-16(14)28-3/h4-5,8-9,13,15,20H,6-7,10-12H2,1-3H3. The number of sulfonamides is 1. The van der Waals surface area contributed by atoms with Crippen molar-refractivity contribution >= 4 is 10.0 Å². The van der Waals surface area contributed by atoms with Crippen LogP contribution in [-0.4, -0.2) is 49.2 Å². The van der Waals surface area contributed by atoms with E-state index in [9.17, 15) is 18.0 Å². The fourth-order valence-corrected chi connectivity index (χ4v) is 4.85. The third kappa shape index (κ3) is 4.29. The van der Waals surface area contributed by atoms with E-state index in [1.54, 1.807) is 7.11 Å². The molecule has 29 heavy (non-hydrogen) atoms. The molecule has 3 rings (SSSR count). The lowest BCUT2D eigenvalue weighted by Crippen LogP contribution is -2.43. The van der Waals surface area contributed by atoms with Gasteiger partial charge < -0.3 is 9.30 Å². The Labute approximate surface area is 169 Å². The highest BCUT2D eigenvalue weighted by atomic mass is 32.2. The number of hydrogen-bond acceptors (Lipinski definition) is 6. The summed E-state index contributed by atoms with van der Waals surface area (Å²) in [6.45, 7) is 1.78.